The van der Waals surface area contributed by atoms with Gasteiger partial charge in [-0.15, -0.1) is 11.3 Å². The van der Waals surface area contributed by atoms with Crippen LogP contribution in [-0.4, -0.2) is 38.0 Å². The second-order valence-corrected chi connectivity index (χ2v) is 4.93. The van der Waals surface area contributed by atoms with Crippen molar-refractivity contribution in [1.82, 2.24) is 4.90 Å². The minimum absolute atomic E-state index is 0.209. The van der Waals surface area contributed by atoms with Crippen LogP contribution < -0.4 is 4.90 Å². The summed E-state index contributed by atoms with van der Waals surface area (Å²) in [6.07, 6.45) is 1.58. The Morgan fingerprint density at radius 3 is 2.62 bits per heavy atom. The SMILES string of the molecule is CCC(=O)N(CCCN(C)C)c1cccs1. The quantitative estimate of drug-likeness (QED) is 0.762. The molecule has 1 aromatic rings. The Hall–Kier alpha value is -0.870. The fourth-order valence-electron chi connectivity index (χ4n) is 1.52. The Labute approximate surface area is 102 Å². The van der Waals surface area contributed by atoms with Crippen molar-refractivity contribution in [1.29, 1.82) is 0 Å². The van der Waals surface area contributed by atoms with Gasteiger partial charge in [-0.25, -0.2) is 0 Å². The lowest BCUT2D eigenvalue weighted by Gasteiger charge is -2.21. The van der Waals surface area contributed by atoms with Gasteiger partial charge in [0, 0.05) is 13.0 Å². The second-order valence-electron chi connectivity index (χ2n) is 4.01. The van der Waals surface area contributed by atoms with E-state index in [1.807, 2.05) is 29.3 Å². The first-order chi connectivity index (χ1) is 7.65. The number of amides is 1. The average Bonchev–Trinajstić information content (AvgIpc) is 2.76. The third-order valence-corrected chi connectivity index (χ3v) is 3.25. The number of thiophene rings is 1. The van der Waals surface area contributed by atoms with E-state index in [-0.39, 0.29) is 5.91 Å². The van der Waals surface area contributed by atoms with E-state index in [0.717, 1.165) is 24.5 Å². The van der Waals surface area contributed by atoms with Crippen LogP contribution in [0.15, 0.2) is 17.5 Å². The van der Waals surface area contributed by atoms with Crippen LogP contribution in [0, 0.1) is 0 Å². The van der Waals surface area contributed by atoms with E-state index in [4.69, 9.17) is 0 Å². The molecule has 3 nitrogen and oxygen atoms in total. The zero-order valence-electron chi connectivity index (χ0n) is 10.3. The van der Waals surface area contributed by atoms with E-state index in [9.17, 15) is 4.79 Å². The van der Waals surface area contributed by atoms with Gasteiger partial charge in [0.25, 0.3) is 0 Å². The van der Waals surface area contributed by atoms with Gasteiger partial charge in [0.1, 0.15) is 0 Å². The number of hydrogen-bond donors (Lipinski definition) is 0. The Bertz CT molecular complexity index is 309. The summed E-state index contributed by atoms with van der Waals surface area (Å²) in [5.41, 5.74) is 0. The van der Waals surface area contributed by atoms with Crippen molar-refractivity contribution < 1.29 is 4.79 Å². The number of anilines is 1. The molecule has 1 heterocycles. The molecule has 0 fully saturated rings. The molecule has 0 aliphatic rings. The molecular formula is C12H20N2OS. The van der Waals surface area contributed by atoms with Gasteiger partial charge in [-0.05, 0) is 44.6 Å². The number of nitrogens with zero attached hydrogens (tertiary/aromatic N) is 2. The van der Waals surface area contributed by atoms with Gasteiger partial charge in [-0.3, -0.25) is 4.79 Å². The zero-order chi connectivity index (χ0) is 12.0. The van der Waals surface area contributed by atoms with Crippen LogP contribution in [0.3, 0.4) is 0 Å². The lowest BCUT2D eigenvalue weighted by atomic mass is 10.3. The van der Waals surface area contributed by atoms with Crippen molar-refractivity contribution >= 4 is 22.2 Å². The Balaban J connectivity index is 2.55. The lowest BCUT2D eigenvalue weighted by molar-refractivity contribution is -0.118. The van der Waals surface area contributed by atoms with Gasteiger partial charge in [-0.1, -0.05) is 6.92 Å². The van der Waals surface area contributed by atoms with Crippen LogP contribution in [-0.2, 0) is 4.79 Å². The van der Waals surface area contributed by atoms with Crippen molar-refractivity contribution in [3.8, 4) is 0 Å². The molecule has 0 N–H and O–H groups in total. The van der Waals surface area contributed by atoms with E-state index in [2.05, 4.69) is 19.0 Å². The summed E-state index contributed by atoms with van der Waals surface area (Å²) in [7, 11) is 4.11. The summed E-state index contributed by atoms with van der Waals surface area (Å²) in [5.74, 6) is 0.209. The summed E-state index contributed by atoms with van der Waals surface area (Å²) in [4.78, 5) is 15.8. The van der Waals surface area contributed by atoms with Crippen LogP contribution >= 0.6 is 11.3 Å². The molecule has 0 aliphatic carbocycles. The molecule has 4 heteroatoms. The first-order valence-electron chi connectivity index (χ1n) is 5.63. The molecule has 0 saturated heterocycles. The van der Waals surface area contributed by atoms with Crippen LogP contribution in [0.4, 0.5) is 5.00 Å². The first-order valence-corrected chi connectivity index (χ1v) is 6.51. The highest BCUT2D eigenvalue weighted by molar-refractivity contribution is 7.14. The standard InChI is InChI=1S/C12H20N2OS/c1-4-11(15)14(9-6-8-13(2)3)12-7-5-10-16-12/h5,7,10H,4,6,8-9H2,1-3H3. The van der Waals surface area contributed by atoms with Gasteiger partial charge >= 0.3 is 0 Å². The van der Waals surface area contributed by atoms with Gasteiger partial charge in [0.05, 0.1) is 5.00 Å². The van der Waals surface area contributed by atoms with Crippen LogP contribution in [0.5, 0.6) is 0 Å². The molecule has 0 aliphatic heterocycles. The summed E-state index contributed by atoms with van der Waals surface area (Å²) in [6.45, 7) is 3.74. The highest BCUT2D eigenvalue weighted by Crippen LogP contribution is 2.22. The molecular weight excluding hydrogens is 220 g/mol. The molecule has 16 heavy (non-hydrogen) atoms. The van der Waals surface area contributed by atoms with E-state index < -0.39 is 0 Å². The number of carbonyl (C=O) groups excluding carboxylic acids is 1. The third-order valence-electron chi connectivity index (χ3n) is 2.36. The minimum Gasteiger partial charge on any atom is -0.309 e. The smallest absolute Gasteiger partial charge is 0.227 e. The van der Waals surface area contributed by atoms with E-state index in [1.54, 1.807) is 11.3 Å². The Morgan fingerprint density at radius 1 is 1.38 bits per heavy atom. The van der Waals surface area contributed by atoms with Crippen molar-refractivity contribution in [3.05, 3.63) is 17.5 Å². The fraction of sp³-hybridized carbons (Fsp3) is 0.583. The van der Waals surface area contributed by atoms with Gasteiger partial charge < -0.3 is 9.80 Å². The Morgan fingerprint density at radius 2 is 2.12 bits per heavy atom. The van der Waals surface area contributed by atoms with Gasteiger partial charge in [0.15, 0.2) is 0 Å². The van der Waals surface area contributed by atoms with Crippen molar-refractivity contribution in [3.63, 3.8) is 0 Å². The zero-order valence-corrected chi connectivity index (χ0v) is 11.1. The maximum atomic E-state index is 11.8. The molecule has 0 radical (unpaired) electrons. The molecule has 0 saturated carbocycles. The predicted molar refractivity (Wildman–Crippen MR) is 70.1 cm³/mol. The normalized spacial score (nSPS) is 10.8. The molecule has 1 amide bonds. The maximum absolute atomic E-state index is 11.8. The molecule has 0 unspecified atom stereocenters. The molecule has 0 aromatic carbocycles. The number of carbonyl (C=O) groups is 1. The highest BCUT2D eigenvalue weighted by atomic mass is 32.1. The molecule has 0 atom stereocenters. The van der Waals surface area contributed by atoms with Crippen LogP contribution in [0.1, 0.15) is 19.8 Å². The molecule has 0 spiro atoms. The van der Waals surface area contributed by atoms with E-state index in [0.29, 0.717) is 6.42 Å². The molecule has 0 bridgehead atoms. The lowest BCUT2D eigenvalue weighted by Crippen LogP contribution is -2.32. The summed E-state index contributed by atoms with van der Waals surface area (Å²) >= 11 is 1.63. The predicted octanol–water partition coefficient (Wildman–Crippen LogP) is 2.44. The summed E-state index contributed by atoms with van der Waals surface area (Å²) in [6, 6.07) is 4.00. The fourth-order valence-corrected chi connectivity index (χ4v) is 2.29. The highest BCUT2D eigenvalue weighted by Gasteiger charge is 2.14. The molecule has 1 rings (SSSR count). The number of hydrogen-bond acceptors (Lipinski definition) is 3. The monoisotopic (exact) mass is 240 g/mol. The maximum Gasteiger partial charge on any atom is 0.227 e. The van der Waals surface area contributed by atoms with Gasteiger partial charge in [-0.2, -0.15) is 0 Å². The van der Waals surface area contributed by atoms with Crippen LogP contribution in [0.25, 0.3) is 0 Å². The van der Waals surface area contributed by atoms with Crippen molar-refractivity contribution in [2.24, 2.45) is 0 Å². The number of rotatable bonds is 6. The minimum atomic E-state index is 0.209. The van der Waals surface area contributed by atoms with E-state index >= 15 is 0 Å². The molecule has 90 valence electrons. The van der Waals surface area contributed by atoms with Gasteiger partial charge in [0.2, 0.25) is 5.91 Å². The summed E-state index contributed by atoms with van der Waals surface area (Å²) in [5, 5.41) is 3.07. The average molecular weight is 240 g/mol. The third kappa shape index (κ3) is 3.94. The largest absolute Gasteiger partial charge is 0.309 e. The Kier molecular flexibility index (Phi) is 5.49. The second kappa shape index (κ2) is 6.66. The first kappa shape index (κ1) is 13.2. The van der Waals surface area contributed by atoms with E-state index in [1.165, 1.54) is 0 Å². The van der Waals surface area contributed by atoms with Crippen molar-refractivity contribution in [2.75, 3.05) is 32.1 Å². The van der Waals surface area contributed by atoms with Crippen LogP contribution in [0.2, 0.25) is 0 Å². The van der Waals surface area contributed by atoms with Crippen molar-refractivity contribution in [2.45, 2.75) is 19.8 Å². The molecule has 1 aromatic heterocycles. The summed E-state index contributed by atoms with van der Waals surface area (Å²) < 4.78 is 0. The topological polar surface area (TPSA) is 23.6 Å².